The van der Waals surface area contributed by atoms with Gasteiger partial charge in [-0.25, -0.2) is 0 Å². The molecule has 30 heavy (non-hydrogen) atoms. The van der Waals surface area contributed by atoms with Crippen molar-refractivity contribution in [3.63, 3.8) is 0 Å². The lowest BCUT2D eigenvalue weighted by Gasteiger charge is -2.29. The Kier molecular flexibility index (Phi) is 7.50. The summed E-state index contributed by atoms with van der Waals surface area (Å²) in [5.41, 5.74) is 3.12. The topological polar surface area (TPSA) is 58.6 Å². The van der Waals surface area contributed by atoms with Gasteiger partial charge >= 0.3 is 0 Å². The van der Waals surface area contributed by atoms with Crippen molar-refractivity contribution in [1.29, 1.82) is 0 Å². The Morgan fingerprint density at radius 1 is 1.10 bits per heavy atom. The molecule has 1 saturated carbocycles. The number of carbonyl (C=O) groups excluding carboxylic acids is 2. The minimum atomic E-state index is -0.568. The minimum absolute atomic E-state index is 0.0994. The second-order valence-corrected chi connectivity index (χ2v) is 8.23. The number of rotatable bonds is 8. The quantitative estimate of drug-likeness (QED) is 0.714. The molecule has 2 aromatic rings. The van der Waals surface area contributed by atoms with Crippen molar-refractivity contribution in [2.45, 2.75) is 65.1 Å². The molecule has 1 fully saturated rings. The van der Waals surface area contributed by atoms with Gasteiger partial charge in [0.05, 0.1) is 0 Å². The lowest BCUT2D eigenvalue weighted by molar-refractivity contribution is -0.142. The highest BCUT2D eigenvalue weighted by molar-refractivity contribution is 5.88. The Bertz CT molecular complexity index is 860. The molecule has 5 nitrogen and oxygen atoms in total. The van der Waals surface area contributed by atoms with Crippen molar-refractivity contribution >= 4 is 11.8 Å². The van der Waals surface area contributed by atoms with Crippen LogP contribution in [-0.2, 0) is 16.1 Å². The summed E-state index contributed by atoms with van der Waals surface area (Å²) in [5, 5.41) is 3.12. The molecule has 1 aliphatic carbocycles. The van der Waals surface area contributed by atoms with Crippen molar-refractivity contribution < 1.29 is 14.3 Å². The van der Waals surface area contributed by atoms with Crippen LogP contribution in [0.4, 0.5) is 0 Å². The van der Waals surface area contributed by atoms with Crippen LogP contribution in [0.3, 0.4) is 0 Å². The average molecular weight is 409 g/mol. The molecular formula is C25H32N2O3. The second kappa shape index (κ2) is 10.3. The summed E-state index contributed by atoms with van der Waals surface area (Å²) in [6.45, 7) is 6.05. The number of nitrogens with zero attached hydrogens (tertiary/aromatic N) is 1. The Balaban J connectivity index is 1.70. The molecule has 0 saturated heterocycles. The maximum Gasteiger partial charge on any atom is 0.261 e. The molecule has 0 aliphatic heterocycles. The molecule has 2 amide bonds. The van der Waals surface area contributed by atoms with Gasteiger partial charge in [0.15, 0.2) is 6.61 Å². The predicted octanol–water partition coefficient (Wildman–Crippen LogP) is 4.16. The maximum atomic E-state index is 13.1. The van der Waals surface area contributed by atoms with Crippen LogP contribution in [-0.4, -0.2) is 35.4 Å². The molecule has 0 bridgehead atoms. The molecular weight excluding hydrogens is 376 g/mol. The normalized spacial score (nSPS) is 14.9. The number of nitrogens with one attached hydrogen (secondary N) is 1. The third-order valence-corrected chi connectivity index (χ3v) is 5.75. The number of amides is 2. The third kappa shape index (κ3) is 5.85. The van der Waals surface area contributed by atoms with Crippen molar-refractivity contribution in [2.24, 2.45) is 0 Å². The van der Waals surface area contributed by atoms with E-state index in [-0.39, 0.29) is 24.5 Å². The second-order valence-electron chi connectivity index (χ2n) is 8.23. The van der Waals surface area contributed by atoms with Gasteiger partial charge in [0.25, 0.3) is 5.91 Å². The van der Waals surface area contributed by atoms with Gasteiger partial charge in [-0.1, -0.05) is 60.9 Å². The fraction of sp³-hybridized carbons (Fsp3) is 0.440. The van der Waals surface area contributed by atoms with Crippen LogP contribution in [0.1, 0.15) is 49.3 Å². The van der Waals surface area contributed by atoms with Crippen LogP contribution in [0, 0.1) is 13.8 Å². The number of benzene rings is 2. The fourth-order valence-corrected chi connectivity index (χ4v) is 3.94. The summed E-state index contributed by atoms with van der Waals surface area (Å²) in [5.74, 6) is 0.391. The standard InChI is InChI=1S/C25H32N2O3/c1-18-13-14-23(19(2)15-18)30-17-24(28)27(16-21-9-5-4-6-10-21)20(3)25(29)26-22-11-7-8-12-22/h4-6,9-10,13-15,20,22H,7-8,11-12,16-17H2,1-3H3,(H,26,29)/t20-/m0/s1. The van der Waals surface area contributed by atoms with Crippen LogP contribution < -0.4 is 10.1 Å². The molecule has 0 spiro atoms. The summed E-state index contributed by atoms with van der Waals surface area (Å²) in [7, 11) is 0. The van der Waals surface area contributed by atoms with Gasteiger partial charge < -0.3 is 15.0 Å². The first kappa shape index (κ1) is 21.9. The van der Waals surface area contributed by atoms with E-state index in [1.165, 1.54) is 0 Å². The van der Waals surface area contributed by atoms with Crippen molar-refractivity contribution in [2.75, 3.05) is 6.61 Å². The van der Waals surface area contributed by atoms with Crippen LogP contribution in [0.5, 0.6) is 5.75 Å². The Labute approximate surface area is 179 Å². The minimum Gasteiger partial charge on any atom is -0.483 e. The summed E-state index contributed by atoms with van der Waals surface area (Å²) >= 11 is 0. The van der Waals surface area contributed by atoms with Crippen LogP contribution in [0.25, 0.3) is 0 Å². The van der Waals surface area contributed by atoms with E-state index in [2.05, 4.69) is 5.32 Å². The van der Waals surface area contributed by atoms with E-state index in [4.69, 9.17) is 4.74 Å². The predicted molar refractivity (Wildman–Crippen MR) is 118 cm³/mol. The largest absolute Gasteiger partial charge is 0.483 e. The van der Waals surface area contributed by atoms with Gasteiger partial charge in [-0.15, -0.1) is 0 Å². The highest BCUT2D eigenvalue weighted by Gasteiger charge is 2.28. The molecule has 2 aromatic carbocycles. The zero-order valence-electron chi connectivity index (χ0n) is 18.2. The number of aryl methyl sites for hydroxylation is 2. The molecule has 160 valence electrons. The van der Waals surface area contributed by atoms with Crippen LogP contribution >= 0.6 is 0 Å². The van der Waals surface area contributed by atoms with Crippen molar-refractivity contribution in [1.82, 2.24) is 10.2 Å². The van der Waals surface area contributed by atoms with Gasteiger partial charge in [0.1, 0.15) is 11.8 Å². The van der Waals surface area contributed by atoms with E-state index in [0.717, 1.165) is 42.4 Å². The molecule has 0 radical (unpaired) electrons. The molecule has 1 N–H and O–H groups in total. The first-order chi connectivity index (χ1) is 14.4. The highest BCUT2D eigenvalue weighted by atomic mass is 16.5. The zero-order chi connectivity index (χ0) is 21.5. The van der Waals surface area contributed by atoms with Gasteiger partial charge in [0, 0.05) is 12.6 Å². The highest BCUT2D eigenvalue weighted by Crippen LogP contribution is 2.20. The average Bonchev–Trinajstić information content (AvgIpc) is 3.24. The van der Waals surface area contributed by atoms with E-state index in [1.54, 1.807) is 11.8 Å². The first-order valence-electron chi connectivity index (χ1n) is 10.8. The molecule has 0 unspecified atom stereocenters. The van der Waals surface area contributed by atoms with E-state index < -0.39 is 6.04 Å². The van der Waals surface area contributed by atoms with Gasteiger partial charge in [-0.2, -0.15) is 0 Å². The summed E-state index contributed by atoms with van der Waals surface area (Å²) in [6.07, 6.45) is 4.33. The number of ether oxygens (including phenoxy) is 1. The Morgan fingerprint density at radius 3 is 2.47 bits per heavy atom. The zero-order valence-corrected chi connectivity index (χ0v) is 18.2. The maximum absolute atomic E-state index is 13.1. The fourth-order valence-electron chi connectivity index (χ4n) is 3.94. The summed E-state index contributed by atoms with van der Waals surface area (Å²) < 4.78 is 5.81. The lowest BCUT2D eigenvalue weighted by Crippen LogP contribution is -2.50. The smallest absolute Gasteiger partial charge is 0.261 e. The van der Waals surface area contributed by atoms with Crippen LogP contribution in [0.15, 0.2) is 48.5 Å². The SMILES string of the molecule is Cc1ccc(OCC(=O)N(Cc2ccccc2)[C@@H](C)C(=O)NC2CCCC2)c(C)c1. The van der Waals surface area contributed by atoms with E-state index in [1.807, 2.05) is 62.4 Å². The lowest BCUT2D eigenvalue weighted by atomic mass is 10.1. The Morgan fingerprint density at radius 2 is 1.80 bits per heavy atom. The third-order valence-electron chi connectivity index (χ3n) is 5.75. The van der Waals surface area contributed by atoms with Crippen molar-refractivity contribution in [3.8, 4) is 5.75 Å². The molecule has 0 heterocycles. The van der Waals surface area contributed by atoms with Gasteiger partial charge in [0.2, 0.25) is 5.91 Å². The van der Waals surface area contributed by atoms with E-state index in [0.29, 0.717) is 12.3 Å². The molecule has 0 aromatic heterocycles. The Hall–Kier alpha value is -2.82. The molecule has 1 atom stereocenters. The van der Waals surface area contributed by atoms with Crippen LogP contribution in [0.2, 0.25) is 0 Å². The van der Waals surface area contributed by atoms with Gasteiger partial charge in [-0.3, -0.25) is 9.59 Å². The number of hydrogen-bond donors (Lipinski definition) is 1. The van der Waals surface area contributed by atoms with E-state index >= 15 is 0 Å². The molecule has 5 heteroatoms. The summed E-state index contributed by atoms with van der Waals surface area (Å²) in [4.78, 5) is 27.6. The number of carbonyl (C=O) groups is 2. The molecule has 1 aliphatic rings. The molecule has 3 rings (SSSR count). The van der Waals surface area contributed by atoms with E-state index in [9.17, 15) is 9.59 Å². The van der Waals surface area contributed by atoms with Gasteiger partial charge in [-0.05, 0) is 50.8 Å². The first-order valence-corrected chi connectivity index (χ1v) is 10.8. The summed E-state index contributed by atoms with van der Waals surface area (Å²) in [6, 6.07) is 15.3. The monoisotopic (exact) mass is 408 g/mol. The van der Waals surface area contributed by atoms with Crippen molar-refractivity contribution in [3.05, 3.63) is 65.2 Å². The number of hydrogen-bond acceptors (Lipinski definition) is 3.